The fourth-order valence-corrected chi connectivity index (χ4v) is 5.56. The molecule has 0 rings (SSSR count). The van der Waals surface area contributed by atoms with Crippen LogP contribution in [-0.2, 0) is 32.7 Å². The van der Waals surface area contributed by atoms with Crippen molar-refractivity contribution < 1.29 is 42.7 Å². The van der Waals surface area contributed by atoms with Crippen molar-refractivity contribution in [3.8, 4) is 0 Å². The largest absolute Gasteiger partial charge is 0.472 e. The van der Waals surface area contributed by atoms with Gasteiger partial charge in [0.25, 0.3) is 0 Å². The molecule has 0 aromatic heterocycles. The fourth-order valence-electron chi connectivity index (χ4n) is 4.80. The molecule has 0 saturated heterocycles. The Labute approximate surface area is 309 Å². The molecular formula is C40H70NO9P. The highest BCUT2D eigenvalue weighted by molar-refractivity contribution is 7.47. The number of hydrogen-bond donors (Lipinski definition) is 3. The Hall–Kier alpha value is -2.33. The summed E-state index contributed by atoms with van der Waals surface area (Å²) in [5.74, 6) is -0.921. The lowest BCUT2D eigenvalue weighted by atomic mass is 10.0. The Balaban J connectivity index is 4.33. The van der Waals surface area contributed by atoms with Crippen LogP contribution in [0, 0.1) is 0 Å². The van der Waals surface area contributed by atoms with Crippen molar-refractivity contribution in [1.29, 1.82) is 0 Å². The van der Waals surface area contributed by atoms with Crippen LogP contribution in [0.4, 0.5) is 0 Å². The maximum atomic E-state index is 12.5. The maximum Gasteiger partial charge on any atom is 0.472 e. The van der Waals surface area contributed by atoms with E-state index in [1.807, 2.05) is 31.2 Å². The fraction of sp³-hybridized carbons (Fsp3) is 0.700. The molecule has 0 fully saturated rings. The summed E-state index contributed by atoms with van der Waals surface area (Å²) in [6, 6.07) is 0. The topological polar surface area (TPSA) is 155 Å². The van der Waals surface area contributed by atoms with Gasteiger partial charge in [0.15, 0.2) is 6.10 Å². The molecule has 51 heavy (non-hydrogen) atoms. The van der Waals surface area contributed by atoms with Crippen LogP contribution < -0.4 is 5.73 Å². The van der Waals surface area contributed by atoms with E-state index in [0.29, 0.717) is 25.7 Å². The van der Waals surface area contributed by atoms with E-state index < -0.39 is 32.5 Å². The van der Waals surface area contributed by atoms with Crippen LogP contribution in [0.5, 0.6) is 0 Å². The number of carbonyl (C=O) groups is 2. The summed E-state index contributed by atoms with van der Waals surface area (Å²) in [5, 5.41) is 9.45. The number of unbranched alkanes of at least 4 members (excludes halogenated alkanes) is 12. The van der Waals surface area contributed by atoms with Gasteiger partial charge in [0.2, 0.25) is 0 Å². The third-order valence-corrected chi connectivity index (χ3v) is 8.81. The number of carbonyl (C=O) groups excluding carboxylic acids is 2. The number of nitrogens with two attached hydrogens (primary N) is 1. The molecule has 4 N–H and O–H groups in total. The summed E-state index contributed by atoms with van der Waals surface area (Å²) in [6.45, 7) is 3.30. The highest BCUT2D eigenvalue weighted by Crippen LogP contribution is 2.43. The molecule has 0 heterocycles. The van der Waals surface area contributed by atoms with Crippen LogP contribution in [0.25, 0.3) is 0 Å². The first-order valence-electron chi connectivity index (χ1n) is 19.4. The highest BCUT2D eigenvalue weighted by atomic mass is 31.2. The monoisotopic (exact) mass is 739 g/mol. The molecule has 1 unspecified atom stereocenters. The van der Waals surface area contributed by atoms with Crippen LogP contribution in [-0.4, -0.2) is 60.5 Å². The first kappa shape index (κ1) is 48.7. The zero-order valence-corrected chi connectivity index (χ0v) is 32.6. The van der Waals surface area contributed by atoms with E-state index in [4.69, 9.17) is 24.3 Å². The maximum absolute atomic E-state index is 12.5. The van der Waals surface area contributed by atoms with Crippen molar-refractivity contribution in [2.24, 2.45) is 5.73 Å². The van der Waals surface area contributed by atoms with Crippen molar-refractivity contribution in [3.05, 3.63) is 60.8 Å². The van der Waals surface area contributed by atoms with Crippen molar-refractivity contribution in [2.45, 2.75) is 154 Å². The smallest absolute Gasteiger partial charge is 0.462 e. The molecule has 0 spiro atoms. The van der Waals surface area contributed by atoms with Crippen LogP contribution in [0.2, 0.25) is 0 Å². The molecule has 0 bridgehead atoms. The zero-order chi connectivity index (χ0) is 37.7. The van der Waals surface area contributed by atoms with Crippen molar-refractivity contribution in [2.75, 3.05) is 26.4 Å². The van der Waals surface area contributed by atoms with E-state index in [-0.39, 0.29) is 38.7 Å². The Morgan fingerprint density at radius 1 is 0.686 bits per heavy atom. The number of hydrogen-bond acceptors (Lipinski definition) is 9. The first-order chi connectivity index (χ1) is 24.7. The van der Waals surface area contributed by atoms with E-state index in [1.165, 1.54) is 51.4 Å². The summed E-state index contributed by atoms with van der Waals surface area (Å²) in [6.07, 6.45) is 37.8. The lowest BCUT2D eigenvalue weighted by Gasteiger charge is -2.19. The van der Waals surface area contributed by atoms with Crippen molar-refractivity contribution >= 4 is 19.8 Å². The molecule has 10 nitrogen and oxygen atoms in total. The second-order valence-corrected chi connectivity index (χ2v) is 14.1. The van der Waals surface area contributed by atoms with Crippen LogP contribution >= 0.6 is 7.82 Å². The Kier molecular flexibility index (Phi) is 34.4. The van der Waals surface area contributed by atoms with Gasteiger partial charge in [-0.25, -0.2) is 4.57 Å². The Bertz CT molecular complexity index is 1040. The van der Waals surface area contributed by atoms with Crippen LogP contribution in [0.15, 0.2) is 60.8 Å². The number of aliphatic hydroxyl groups excluding tert-OH is 1. The number of esters is 2. The number of phosphoric ester groups is 1. The minimum atomic E-state index is -4.39. The summed E-state index contributed by atoms with van der Waals surface area (Å²) >= 11 is 0. The minimum absolute atomic E-state index is 0.0386. The summed E-state index contributed by atoms with van der Waals surface area (Å²) in [7, 11) is -4.39. The summed E-state index contributed by atoms with van der Waals surface area (Å²) in [4.78, 5) is 34.7. The summed E-state index contributed by atoms with van der Waals surface area (Å²) < 4.78 is 32.6. The second kappa shape index (κ2) is 36.0. The third-order valence-electron chi connectivity index (χ3n) is 7.83. The predicted molar refractivity (Wildman–Crippen MR) is 207 cm³/mol. The van der Waals surface area contributed by atoms with Gasteiger partial charge in [0.05, 0.1) is 19.3 Å². The first-order valence-corrected chi connectivity index (χ1v) is 20.9. The molecule has 3 atom stereocenters. The molecule has 0 aromatic rings. The van der Waals surface area contributed by atoms with E-state index in [0.717, 1.165) is 38.5 Å². The molecule has 0 radical (unpaired) electrons. The van der Waals surface area contributed by atoms with Gasteiger partial charge < -0.3 is 25.2 Å². The molecular weight excluding hydrogens is 669 g/mol. The number of allylic oxidation sites excluding steroid dienone is 9. The lowest BCUT2D eigenvalue weighted by Crippen LogP contribution is -2.29. The second-order valence-electron chi connectivity index (χ2n) is 12.6. The predicted octanol–water partition coefficient (Wildman–Crippen LogP) is 9.52. The van der Waals surface area contributed by atoms with E-state index in [2.05, 4.69) is 37.3 Å². The summed E-state index contributed by atoms with van der Waals surface area (Å²) in [5.41, 5.74) is 5.32. The van der Waals surface area contributed by atoms with Gasteiger partial charge in [-0.1, -0.05) is 145 Å². The molecule has 0 amide bonds. The third kappa shape index (κ3) is 35.8. The van der Waals surface area contributed by atoms with Crippen LogP contribution in [0.3, 0.4) is 0 Å². The van der Waals surface area contributed by atoms with Crippen molar-refractivity contribution in [3.63, 3.8) is 0 Å². The molecule has 11 heteroatoms. The quantitative estimate of drug-likeness (QED) is 0.0188. The molecule has 0 saturated carbocycles. The molecule has 0 aliphatic rings. The number of ether oxygens (including phenoxy) is 2. The van der Waals surface area contributed by atoms with E-state index in [9.17, 15) is 24.2 Å². The van der Waals surface area contributed by atoms with E-state index >= 15 is 0 Å². The average molecular weight is 740 g/mol. The van der Waals surface area contributed by atoms with Gasteiger partial charge in [0, 0.05) is 19.4 Å². The SMILES string of the molecule is CCCCCCCCCCCCCCC(=O)O[C@H](COC(=O)CCC/C=C\C/C=C\C/C=C\C/C=C\C=C\[C@@H](O)CC)COP(=O)(O)OCCN. The molecule has 0 aliphatic carbocycles. The Morgan fingerprint density at radius 2 is 1.24 bits per heavy atom. The number of rotatable bonds is 35. The standard InChI is InChI=1S/C40H70NO9P/c1-3-5-6-7-8-9-10-16-20-23-26-29-32-40(44)50-38(36-49-51(45,46)48-34-33-41)35-47-39(43)31-28-25-22-19-17-14-12-11-13-15-18-21-24-27-30-37(42)4-2/h12-15,19,21-22,24,27,30,37-38,42H,3-11,16-18,20,23,25-26,28-29,31-36,41H2,1-2H3,(H,45,46)/b14-12-,15-13-,22-19-,24-21-,30-27+/t37-,38+/m0/s1. The van der Waals surface area contributed by atoms with Gasteiger partial charge in [0.1, 0.15) is 6.61 Å². The molecule has 294 valence electrons. The van der Waals surface area contributed by atoms with Crippen LogP contribution in [0.1, 0.15) is 142 Å². The highest BCUT2D eigenvalue weighted by Gasteiger charge is 2.25. The van der Waals surface area contributed by atoms with E-state index in [1.54, 1.807) is 6.08 Å². The zero-order valence-electron chi connectivity index (χ0n) is 31.7. The number of aliphatic hydroxyl groups is 1. The number of phosphoric acid groups is 1. The molecule has 0 aromatic carbocycles. The van der Waals surface area contributed by atoms with Gasteiger partial charge in [-0.2, -0.15) is 0 Å². The van der Waals surface area contributed by atoms with Gasteiger partial charge in [-0.15, -0.1) is 0 Å². The van der Waals surface area contributed by atoms with Gasteiger partial charge in [-0.05, 0) is 44.9 Å². The average Bonchev–Trinajstić information content (AvgIpc) is 3.12. The van der Waals surface area contributed by atoms with Gasteiger partial charge in [-0.3, -0.25) is 18.6 Å². The Morgan fingerprint density at radius 3 is 1.82 bits per heavy atom. The van der Waals surface area contributed by atoms with Crippen molar-refractivity contribution in [1.82, 2.24) is 0 Å². The molecule has 0 aliphatic heterocycles. The van der Waals surface area contributed by atoms with Gasteiger partial charge >= 0.3 is 19.8 Å². The normalized spacial score (nSPS) is 14.7. The lowest BCUT2D eigenvalue weighted by molar-refractivity contribution is -0.161. The minimum Gasteiger partial charge on any atom is -0.462 e.